The van der Waals surface area contributed by atoms with Gasteiger partial charge < -0.3 is 10.6 Å². The van der Waals surface area contributed by atoms with Gasteiger partial charge in [0.25, 0.3) is 0 Å². The van der Waals surface area contributed by atoms with Gasteiger partial charge in [-0.15, -0.1) is 0 Å². The Morgan fingerprint density at radius 3 is 2.36 bits per heavy atom. The third-order valence-corrected chi connectivity index (χ3v) is 6.89. The van der Waals surface area contributed by atoms with Gasteiger partial charge in [-0.2, -0.15) is 4.31 Å². The first-order valence-electron chi connectivity index (χ1n) is 9.09. The Hall–Kier alpha value is -2.09. The van der Waals surface area contributed by atoms with E-state index in [-0.39, 0.29) is 22.4 Å². The number of aryl methyl sites for hydroxylation is 2. The molecule has 0 unspecified atom stereocenters. The van der Waals surface area contributed by atoms with Crippen molar-refractivity contribution in [1.82, 2.24) is 4.31 Å². The second kappa shape index (κ2) is 9.41. The fraction of sp³-hybridized carbons (Fsp3) is 0.350. The SMILES string of the molecule is CCN(CC)S(=O)(=O)c1cc(NCC(=O)Nc2ccc(C)cc2C)ccc1Cl. The fourth-order valence-electron chi connectivity index (χ4n) is 2.84. The quantitative estimate of drug-likeness (QED) is 0.671. The first-order valence-corrected chi connectivity index (χ1v) is 10.9. The molecule has 0 radical (unpaired) electrons. The Balaban J connectivity index is 2.12. The monoisotopic (exact) mass is 423 g/mol. The molecule has 6 nitrogen and oxygen atoms in total. The largest absolute Gasteiger partial charge is 0.376 e. The van der Waals surface area contributed by atoms with Gasteiger partial charge in [-0.1, -0.05) is 43.1 Å². The minimum absolute atomic E-state index is 0.000291. The van der Waals surface area contributed by atoms with Gasteiger partial charge >= 0.3 is 0 Å². The van der Waals surface area contributed by atoms with Crippen LogP contribution >= 0.6 is 11.6 Å². The van der Waals surface area contributed by atoms with Crippen LogP contribution in [0.2, 0.25) is 5.02 Å². The van der Waals surface area contributed by atoms with Crippen LogP contribution in [-0.2, 0) is 14.8 Å². The predicted molar refractivity (Wildman–Crippen MR) is 115 cm³/mol. The van der Waals surface area contributed by atoms with E-state index in [4.69, 9.17) is 11.6 Å². The van der Waals surface area contributed by atoms with E-state index in [1.54, 1.807) is 19.9 Å². The van der Waals surface area contributed by atoms with Crippen molar-refractivity contribution >= 4 is 38.9 Å². The van der Waals surface area contributed by atoms with Crippen molar-refractivity contribution in [3.05, 3.63) is 52.5 Å². The zero-order valence-corrected chi connectivity index (χ0v) is 18.1. The lowest BCUT2D eigenvalue weighted by atomic mass is 10.1. The average Bonchev–Trinajstić information content (AvgIpc) is 2.64. The van der Waals surface area contributed by atoms with Crippen molar-refractivity contribution in [1.29, 1.82) is 0 Å². The number of rotatable bonds is 8. The standard InChI is InChI=1S/C20H26ClN3O3S/c1-5-24(6-2)28(26,27)19-12-16(8-9-17(19)21)22-13-20(25)23-18-10-7-14(3)11-15(18)4/h7-12,22H,5-6,13H2,1-4H3,(H,23,25). The van der Waals surface area contributed by atoms with Crippen LogP contribution < -0.4 is 10.6 Å². The van der Waals surface area contributed by atoms with Crippen LogP contribution in [-0.4, -0.2) is 38.3 Å². The summed E-state index contributed by atoms with van der Waals surface area (Å²) in [5.74, 6) is -0.227. The highest BCUT2D eigenvalue weighted by Crippen LogP contribution is 2.27. The van der Waals surface area contributed by atoms with Crippen molar-refractivity contribution < 1.29 is 13.2 Å². The maximum Gasteiger partial charge on any atom is 0.244 e. The number of halogens is 1. The summed E-state index contributed by atoms with van der Waals surface area (Å²) in [5, 5.41) is 5.95. The second-order valence-electron chi connectivity index (χ2n) is 6.45. The number of nitrogens with zero attached hydrogens (tertiary/aromatic N) is 1. The number of sulfonamides is 1. The Morgan fingerprint density at radius 2 is 1.75 bits per heavy atom. The first-order chi connectivity index (χ1) is 13.2. The van der Waals surface area contributed by atoms with Gasteiger partial charge in [0, 0.05) is 24.5 Å². The van der Waals surface area contributed by atoms with E-state index in [0.29, 0.717) is 18.8 Å². The summed E-state index contributed by atoms with van der Waals surface area (Å²) >= 11 is 6.13. The van der Waals surface area contributed by atoms with E-state index in [2.05, 4.69) is 10.6 Å². The van der Waals surface area contributed by atoms with Gasteiger partial charge in [-0.3, -0.25) is 4.79 Å². The van der Waals surface area contributed by atoms with Crippen molar-refractivity contribution in [2.75, 3.05) is 30.3 Å². The number of benzene rings is 2. The van der Waals surface area contributed by atoms with Gasteiger partial charge in [0.05, 0.1) is 11.6 Å². The molecule has 2 rings (SSSR count). The number of anilines is 2. The van der Waals surface area contributed by atoms with E-state index in [9.17, 15) is 13.2 Å². The summed E-state index contributed by atoms with van der Waals surface area (Å²) in [6.45, 7) is 8.17. The number of amides is 1. The molecule has 0 saturated carbocycles. The Bertz CT molecular complexity index is 957. The maximum atomic E-state index is 12.7. The summed E-state index contributed by atoms with van der Waals surface area (Å²) in [6, 6.07) is 10.4. The van der Waals surface area contributed by atoms with Crippen LogP contribution in [0.4, 0.5) is 11.4 Å². The molecule has 0 saturated heterocycles. The van der Waals surface area contributed by atoms with E-state index in [1.165, 1.54) is 16.4 Å². The van der Waals surface area contributed by atoms with Gasteiger partial charge in [-0.05, 0) is 43.7 Å². The van der Waals surface area contributed by atoms with E-state index >= 15 is 0 Å². The molecule has 2 aromatic rings. The van der Waals surface area contributed by atoms with Crippen molar-refractivity contribution in [2.45, 2.75) is 32.6 Å². The molecule has 0 fully saturated rings. The molecule has 0 bridgehead atoms. The predicted octanol–water partition coefficient (Wildman–Crippen LogP) is 4.04. The molecule has 28 heavy (non-hydrogen) atoms. The molecule has 152 valence electrons. The molecule has 0 heterocycles. The molecule has 0 atom stereocenters. The topological polar surface area (TPSA) is 78.5 Å². The normalized spacial score (nSPS) is 11.5. The van der Waals surface area contributed by atoms with Crippen LogP contribution in [0.25, 0.3) is 0 Å². The van der Waals surface area contributed by atoms with E-state index < -0.39 is 10.0 Å². The summed E-state index contributed by atoms with van der Waals surface area (Å²) in [5.41, 5.74) is 3.35. The molecule has 0 aliphatic carbocycles. The molecule has 1 amide bonds. The minimum atomic E-state index is -3.69. The van der Waals surface area contributed by atoms with Gasteiger partial charge in [0.15, 0.2) is 0 Å². The van der Waals surface area contributed by atoms with Gasteiger partial charge in [0.2, 0.25) is 15.9 Å². The number of hydrogen-bond donors (Lipinski definition) is 2. The third kappa shape index (κ3) is 5.25. The summed E-state index contributed by atoms with van der Waals surface area (Å²) < 4.78 is 26.8. The Labute approximate surface area is 171 Å². The van der Waals surface area contributed by atoms with Crippen LogP contribution in [0.1, 0.15) is 25.0 Å². The van der Waals surface area contributed by atoms with Crippen molar-refractivity contribution in [2.24, 2.45) is 0 Å². The maximum absolute atomic E-state index is 12.7. The first kappa shape index (κ1) is 22.2. The molecule has 2 aromatic carbocycles. The molecule has 0 spiro atoms. The summed E-state index contributed by atoms with van der Waals surface area (Å²) in [7, 11) is -3.69. The van der Waals surface area contributed by atoms with Crippen LogP contribution in [0.5, 0.6) is 0 Å². The highest BCUT2D eigenvalue weighted by molar-refractivity contribution is 7.89. The Morgan fingerprint density at radius 1 is 1.07 bits per heavy atom. The lowest BCUT2D eigenvalue weighted by Crippen LogP contribution is -2.31. The van der Waals surface area contributed by atoms with Crippen LogP contribution in [0.15, 0.2) is 41.3 Å². The molecule has 8 heteroatoms. The molecule has 0 aliphatic heterocycles. The van der Waals surface area contributed by atoms with Gasteiger partial charge in [0.1, 0.15) is 4.90 Å². The number of carbonyl (C=O) groups is 1. The van der Waals surface area contributed by atoms with Crippen LogP contribution in [0.3, 0.4) is 0 Å². The number of nitrogens with one attached hydrogen (secondary N) is 2. The summed E-state index contributed by atoms with van der Waals surface area (Å²) in [6.07, 6.45) is 0. The highest BCUT2D eigenvalue weighted by Gasteiger charge is 2.24. The second-order valence-corrected chi connectivity index (χ2v) is 8.77. The highest BCUT2D eigenvalue weighted by atomic mass is 35.5. The smallest absolute Gasteiger partial charge is 0.244 e. The molecular weight excluding hydrogens is 398 g/mol. The molecule has 0 aliphatic rings. The lowest BCUT2D eigenvalue weighted by molar-refractivity contribution is -0.114. The summed E-state index contributed by atoms with van der Waals surface area (Å²) in [4.78, 5) is 12.3. The molecular formula is C20H26ClN3O3S. The zero-order chi connectivity index (χ0) is 20.9. The van der Waals surface area contributed by atoms with Gasteiger partial charge in [-0.25, -0.2) is 8.42 Å². The number of carbonyl (C=O) groups excluding carboxylic acids is 1. The fourth-order valence-corrected chi connectivity index (χ4v) is 4.80. The Kier molecular flexibility index (Phi) is 7.46. The lowest BCUT2D eigenvalue weighted by Gasteiger charge is -2.20. The van der Waals surface area contributed by atoms with E-state index in [1.807, 2.05) is 32.0 Å². The molecule has 0 aromatic heterocycles. The third-order valence-electron chi connectivity index (χ3n) is 4.36. The number of hydrogen-bond acceptors (Lipinski definition) is 4. The van der Waals surface area contributed by atoms with Crippen molar-refractivity contribution in [3.8, 4) is 0 Å². The van der Waals surface area contributed by atoms with Crippen molar-refractivity contribution in [3.63, 3.8) is 0 Å². The van der Waals surface area contributed by atoms with E-state index in [0.717, 1.165) is 16.8 Å². The average molecular weight is 424 g/mol. The molecule has 2 N–H and O–H groups in total. The minimum Gasteiger partial charge on any atom is -0.376 e. The van der Waals surface area contributed by atoms with Crippen LogP contribution in [0, 0.1) is 13.8 Å². The zero-order valence-electron chi connectivity index (χ0n) is 16.5.